The van der Waals surface area contributed by atoms with Crippen LogP contribution < -0.4 is 16.4 Å². The van der Waals surface area contributed by atoms with Crippen LogP contribution in [0.25, 0.3) is 0 Å². The van der Waals surface area contributed by atoms with Gasteiger partial charge in [0.05, 0.1) is 5.02 Å². The second-order valence-corrected chi connectivity index (χ2v) is 4.93. The Bertz CT molecular complexity index is 797. The van der Waals surface area contributed by atoms with E-state index in [1.807, 2.05) is 0 Å². The van der Waals surface area contributed by atoms with Gasteiger partial charge in [-0.05, 0) is 42.5 Å². The second-order valence-electron chi connectivity index (χ2n) is 4.52. The predicted molar refractivity (Wildman–Crippen MR) is 88.2 cm³/mol. The Balaban J connectivity index is 2.08. The minimum Gasteiger partial charge on any atom is -0.399 e. The largest absolute Gasteiger partial charge is 0.399 e. The minimum atomic E-state index is -0.585. The molecule has 23 heavy (non-hydrogen) atoms. The molecule has 0 aromatic heterocycles. The number of nitrogens with zero attached hydrogens (tertiary/aromatic N) is 1. The average Bonchev–Trinajstić information content (AvgIpc) is 2.53. The molecular weight excluding hydrogens is 319 g/mol. The molecule has 7 heteroatoms. The molecular formula is C16H12ClFN4O. The van der Waals surface area contributed by atoms with Crippen molar-refractivity contribution in [1.29, 1.82) is 5.26 Å². The maximum Gasteiger partial charge on any atom is 0.267 e. The molecule has 2 aromatic carbocycles. The normalized spacial score (nSPS) is 10.7. The van der Waals surface area contributed by atoms with Crippen molar-refractivity contribution in [3.8, 4) is 6.07 Å². The van der Waals surface area contributed by atoms with Crippen LogP contribution in [0.2, 0.25) is 5.02 Å². The van der Waals surface area contributed by atoms with E-state index in [2.05, 4.69) is 10.6 Å². The molecule has 0 bridgehead atoms. The number of hydrogen-bond donors (Lipinski definition) is 3. The molecule has 2 rings (SSSR count). The van der Waals surface area contributed by atoms with E-state index in [4.69, 9.17) is 22.6 Å². The summed E-state index contributed by atoms with van der Waals surface area (Å²) >= 11 is 5.66. The topological polar surface area (TPSA) is 90.9 Å². The van der Waals surface area contributed by atoms with Gasteiger partial charge in [-0.15, -0.1) is 0 Å². The Morgan fingerprint density at radius 1 is 1.22 bits per heavy atom. The molecule has 5 nitrogen and oxygen atoms in total. The first-order valence-electron chi connectivity index (χ1n) is 6.48. The van der Waals surface area contributed by atoms with E-state index in [0.717, 1.165) is 0 Å². The van der Waals surface area contributed by atoms with Crippen molar-refractivity contribution in [1.82, 2.24) is 0 Å². The van der Waals surface area contributed by atoms with Gasteiger partial charge in [-0.3, -0.25) is 4.79 Å². The van der Waals surface area contributed by atoms with Gasteiger partial charge in [-0.1, -0.05) is 11.6 Å². The highest BCUT2D eigenvalue weighted by Crippen LogP contribution is 2.19. The fraction of sp³-hybridized carbons (Fsp3) is 0. The zero-order chi connectivity index (χ0) is 16.8. The number of nitriles is 1. The lowest BCUT2D eigenvalue weighted by atomic mass is 10.2. The van der Waals surface area contributed by atoms with Crippen molar-refractivity contribution in [2.24, 2.45) is 0 Å². The summed E-state index contributed by atoms with van der Waals surface area (Å²) in [5.41, 5.74) is 6.93. The van der Waals surface area contributed by atoms with Gasteiger partial charge in [0.25, 0.3) is 5.91 Å². The lowest BCUT2D eigenvalue weighted by Gasteiger charge is -2.06. The quantitative estimate of drug-likeness (QED) is 0.454. The van der Waals surface area contributed by atoms with Gasteiger partial charge >= 0.3 is 0 Å². The number of amides is 1. The van der Waals surface area contributed by atoms with Crippen LogP contribution in [0, 0.1) is 17.1 Å². The summed E-state index contributed by atoms with van der Waals surface area (Å²) in [5.74, 6) is -1.14. The van der Waals surface area contributed by atoms with Crippen molar-refractivity contribution in [2.45, 2.75) is 0 Å². The van der Waals surface area contributed by atoms with E-state index in [-0.39, 0.29) is 10.6 Å². The smallest absolute Gasteiger partial charge is 0.267 e. The van der Waals surface area contributed by atoms with Crippen LogP contribution in [0.15, 0.2) is 54.2 Å². The number of benzene rings is 2. The van der Waals surface area contributed by atoms with Crippen molar-refractivity contribution < 1.29 is 9.18 Å². The van der Waals surface area contributed by atoms with Crippen LogP contribution in [-0.2, 0) is 4.79 Å². The van der Waals surface area contributed by atoms with E-state index >= 15 is 0 Å². The van der Waals surface area contributed by atoms with E-state index in [0.29, 0.717) is 17.1 Å². The summed E-state index contributed by atoms with van der Waals surface area (Å²) in [4.78, 5) is 12.0. The first-order valence-corrected chi connectivity index (χ1v) is 6.86. The summed E-state index contributed by atoms with van der Waals surface area (Å²) in [6.45, 7) is 0. The van der Waals surface area contributed by atoms with Gasteiger partial charge in [0.15, 0.2) is 0 Å². The zero-order valence-corrected chi connectivity index (χ0v) is 12.6. The fourth-order valence-corrected chi connectivity index (χ4v) is 1.84. The molecule has 0 fully saturated rings. The molecule has 116 valence electrons. The summed E-state index contributed by atoms with van der Waals surface area (Å²) in [7, 11) is 0. The summed E-state index contributed by atoms with van der Waals surface area (Å²) < 4.78 is 13.1. The summed E-state index contributed by atoms with van der Waals surface area (Å²) in [6, 6.07) is 12.2. The molecule has 0 saturated carbocycles. The highest BCUT2D eigenvalue weighted by molar-refractivity contribution is 6.31. The highest BCUT2D eigenvalue weighted by atomic mass is 35.5. The number of rotatable bonds is 4. The zero-order valence-electron chi connectivity index (χ0n) is 11.8. The van der Waals surface area contributed by atoms with Gasteiger partial charge in [0, 0.05) is 23.3 Å². The van der Waals surface area contributed by atoms with E-state index in [1.54, 1.807) is 30.3 Å². The Morgan fingerprint density at radius 2 is 1.87 bits per heavy atom. The first kappa shape index (κ1) is 16.3. The Morgan fingerprint density at radius 3 is 2.48 bits per heavy atom. The van der Waals surface area contributed by atoms with Crippen LogP contribution in [0.4, 0.5) is 21.5 Å². The molecule has 0 atom stereocenters. The third-order valence-corrected chi connectivity index (χ3v) is 3.13. The van der Waals surface area contributed by atoms with Gasteiger partial charge in [0.1, 0.15) is 17.5 Å². The molecule has 0 unspecified atom stereocenters. The second kappa shape index (κ2) is 7.29. The van der Waals surface area contributed by atoms with Crippen LogP contribution >= 0.6 is 11.6 Å². The Kier molecular flexibility index (Phi) is 5.18. The monoisotopic (exact) mass is 330 g/mol. The van der Waals surface area contributed by atoms with E-state index in [1.165, 1.54) is 24.4 Å². The number of anilines is 3. The SMILES string of the molecule is N#C/C(=C/Nc1ccc(F)c(Cl)c1)C(=O)Nc1ccc(N)cc1. The van der Waals surface area contributed by atoms with Crippen LogP contribution in [0.1, 0.15) is 0 Å². The van der Waals surface area contributed by atoms with Crippen molar-refractivity contribution in [3.63, 3.8) is 0 Å². The maximum atomic E-state index is 13.1. The first-order chi connectivity index (χ1) is 11.0. The Labute approximate surface area is 137 Å². The molecule has 4 N–H and O–H groups in total. The van der Waals surface area contributed by atoms with Gasteiger partial charge < -0.3 is 16.4 Å². The molecule has 0 aliphatic carbocycles. The van der Waals surface area contributed by atoms with Crippen LogP contribution in [0.3, 0.4) is 0 Å². The molecule has 1 amide bonds. The third-order valence-electron chi connectivity index (χ3n) is 2.84. The summed E-state index contributed by atoms with van der Waals surface area (Å²) in [6.07, 6.45) is 1.22. The number of carbonyl (C=O) groups is 1. The van der Waals surface area contributed by atoms with Crippen LogP contribution in [-0.4, -0.2) is 5.91 Å². The predicted octanol–water partition coefficient (Wildman–Crippen LogP) is 3.52. The molecule has 0 heterocycles. The molecule has 0 aliphatic rings. The lowest BCUT2D eigenvalue weighted by molar-refractivity contribution is -0.112. The number of halogens is 2. The van der Waals surface area contributed by atoms with Gasteiger partial charge in [0.2, 0.25) is 0 Å². The number of hydrogen-bond acceptors (Lipinski definition) is 4. The number of carbonyl (C=O) groups excluding carboxylic acids is 1. The number of nitrogens with one attached hydrogen (secondary N) is 2. The van der Waals surface area contributed by atoms with Crippen molar-refractivity contribution in [2.75, 3.05) is 16.4 Å². The molecule has 0 aliphatic heterocycles. The Hall–Kier alpha value is -3.04. The minimum absolute atomic E-state index is 0.0618. The maximum absolute atomic E-state index is 13.1. The van der Waals surface area contributed by atoms with E-state index in [9.17, 15) is 9.18 Å². The number of nitrogen functional groups attached to an aromatic ring is 1. The lowest BCUT2D eigenvalue weighted by Crippen LogP contribution is -2.14. The van der Waals surface area contributed by atoms with Gasteiger partial charge in [-0.25, -0.2) is 4.39 Å². The average molecular weight is 331 g/mol. The molecule has 0 saturated heterocycles. The third kappa shape index (κ3) is 4.46. The van der Waals surface area contributed by atoms with Crippen molar-refractivity contribution >= 4 is 34.6 Å². The standard InChI is InChI=1S/C16H12ClFN4O/c17-14-7-13(5-6-15(14)18)21-9-10(8-19)16(23)22-12-3-1-11(20)2-4-12/h1-7,9,21H,20H2,(H,22,23)/b10-9-. The van der Waals surface area contributed by atoms with Crippen molar-refractivity contribution in [3.05, 3.63) is 65.1 Å². The molecule has 0 spiro atoms. The number of nitrogens with two attached hydrogens (primary N) is 1. The molecule has 0 radical (unpaired) electrons. The van der Waals surface area contributed by atoms with Gasteiger partial charge in [-0.2, -0.15) is 5.26 Å². The fourth-order valence-electron chi connectivity index (χ4n) is 1.65. The van der Waals surface area contributed by atoms with Crippen LogP contribution in [0.5, 0.6) is 0 Å². The highest BCUT2D eigenvalue weighted by Gasteiger charge is 2.09. The molecule has 2 aromatic rings. The summed E-state index contributed by atoms with van der Waals surface area (Å²) in [5, 5.41) is 14.3. The van der Waals surface area contributed by atoms with E-state index < -0.39 is 11.7 Å².